The molecule has 0 saturated heterocycles. The van der Waals surface area contributed by atoms with Crippen molar-refractivity contribution in [3.63, 3.8) is 0 Å². The number of benzene rings is 1. The Hall–Kier alpha value is -1.69. The minimum absolute atomic E-state index is 0.0269. The molecule has 1 unspecified atom stereocenters. The highest BCUT2D eigenvalue weighted by Gasteiger charge is 2.20. The molecular formula is C15H18N4S. The van der Waals surface area contributed by atoms with Crippen molar-refractivity contribution in [3.8, 4) is 0 Å². The van der Waals surface area contributed by atoms with Gasteiger partial charge in [-0.05, 0) is 28.8 Å². The van der Waals surface area contributed by atoms with Crippen molar-refractivity contribution in [1.82, 2.24) is 15.2 Å². The molecule has 0 bridgehead atoms. The number of hydrazine groups is 1. The van der Waals surface area contributed by atoms with E-state index in [9.17, 15) is 0 Å². The normalized spacial score (nSPS) is 12.9. The van der Waals surface area contributed by atoms with Crippen molar-refractivity contribution in [2.45, 2.75) is 19.4 Å². The smallest absolute Gasteiger partial charge is 0.0757 e. The van der Waals surface area contributed by atoms with Crippen LogP contribution in [0.15, 0.2) is 35.8 Å². The van der Waals surface area contributed by atoms with Gasteiger partial charge in [-0.1, -0.05) is 25.1 Å². The van der Waals surface area contributed by atoms with E-state index in [2.05, 4.69) is 53.3 Å². The molecule has 3 N–H and O–H groups in total. The lowest BCUT2D eigenvalue weighted by molar-refractivity contribution is 0.635. The topological polar surface area (TPSA) is 55.9 Å². The minimum Gasteiger partial charge on any atom is -0.275 e. The average Bonchev–Trinajstić information content (AvgIpc) is 3.06. The lowest BCUT2D eigenvalue weighted by Crippen LogP contribution is -2.29. The molecule has 5 heteroatoms. The molecule has 3 rings (SSSR count). The van der Waals surface area contributed by atoms with Gasteiger partial charge in [-0.25, -0.2) is 5.43 Å². The van der Waals surface area contributed by atoms with Crippen LogP contribution in [0.2, 0.25) is 0 Å². The van der Waals surface area contributed by atoms with Gasteiger partial charge in [0.15, 0.2) is 0 Å². The molecule has 0 amide bonds. The maximum atomic E-state index is 5.85. The number of hydrogen-bond acceptors (Lipinski definition) is 4. The summed E-state index contributed by atoms with van der Waals surface area (Å²) in [6.45, 7) is 2.12. The van der Waals surface area contributed by atoms with E-state index in [-0.39, 0.29) is 6.04 Å². The van der Waals surface area contributed by atoms with Crippen molar-refractivity contribution in [2.75, 3.05) is 0 Å². The number of aromatic nitrogens is 2. The number of nitrogens with two attached hydrogens (primary N) is 1. The van der Waals surface area contributed by atoms with E-state index in [1.54, 1.807) is 11.3 Å². The second-order valence-corrected chi connectivity index (χ2v) is 5.76. The zero-order valence-electron chi connectivity index (χ0n) is 11.6. The molecule has 0 aliphatic carbocycles. The van der Waals surface area contributed by atoms with Crippen LogP contribution in [0.3, 0.4) is 0 Å². The van der Waals surface area contributed by atoms with E-state index in [4.69, 9.17) is 5.84 Å². The number of rotatable bonds is 4. The van der Waals surface area contributed by atoms with Gasteiger partial charge in [0, 0.05) is 23.5 Å². The summed E-state index contributed by atoms with van der Waals surface area (Å²) in [7, 11) is 1.95. The number of thiophene rings is 1. The number of aryl methyl sites for hydroxylation is 2. The fraction of sp³-hybridized carbons (Fsp3) is 0.267. The Morgan fingerprint density at radius 3 is 2.95 bits per heavy atom. The lowest BCUT2D eigenvalue weighted by Gasteiger charge is -2.17. The molecule has 2 heterocycles. The minimum atomic E-state index is -0.0269. The second kappa shape index (κ2) is 5.36. The lowest BCUT2D eigenvalue weighted by atomic mass is 9.98. The standard InChI is InChI=1S/C15H18N4S/c1-3-13-12(9-19(2)18-13)14(17-16)11-6-4-5-10-7-8-20-15(10)11/h4-9,14,17H,3,16H2,1-2H3. The number of fused-ring (bicyclic) bond motifs is 1. The maximum Gasteiger partial charge on any atom is 0.0757 e. The van der Waals surface area contributed by atoms with E-state index >= 15 is 0 Å². The summed E-state index contributed by atoms with van der Waals surface area (Å²) < 4.78 is 3.13. The zero-order chi connectivity index (χ0) is 14.1. The Labute approximate surface area is 122 Å². The second-order valence-electron chi connectivity index (χ2n) is 4.84. The van der Waals surface area contributed by atoms with Crippen LogP contribution in [0.5, 0.6) is 0 Å². The van der Waals surface area contributed by atoms with Gasteiger partial charge >= 0.3 is 0 Å². The molecule has 1 aromatic carbocycles. The summed E-state index contributed by atoms with van der Waals surface area (Å²) in [6.07, 6.45) is 2.95. The third-order valence-electron chi connectivity index (χ3n) is 3.57. The fourth-order valence-electron chi connectivity index (χ4n) is 2.66. The first-order valence-corrected chi connectivity index (χ1v) is 7.57. The van der Waals surface area contributed by atoms with Gasteiger partial charge in [0.1, 0.15) is 0 Å². The molecule has 0 saturated carbocycles. The third-order valence-corrected chi connectivity index (χ3v) is 4.55. The van der Waals surface area contributed by atoms with Crippen LogP contribution in [0, 0.1) is 0 Å². The summed E-state index contributed by atoms with van der Waals surface area (Å²) in [5.74, 6) is 5.85. The van der Waals surface area contributed by atoms with Gasteiger partial charge in [0.25, 0.3) is 0 Å². The van der Waals surface area contributed by atoms with E-state index in [0.29, 0.717) is 0 Å². The summed E-state index contributed by atoms with van der Waals surface area (Å²) in [4.78, 5) is 0. The predicted molar refractivity (Wildman–Crippen MR) is 83.6 cm³/mol. The first kappa shape index (κ1) is 13.3. The van der Waals surface area contributed by atoms with Crippen molar-refractivity contribution in [1.29, 1.82) is 0 Å². The quantitative estimate of drug-likeness (QED) is 0.573. The van der Waals surface area contributed by atoms with Gasteiger partial charge in [-0.15, -0.1) is 11.3 Å². The van der Waals surface area contributed by atoms with Crippen molar-refractivity contribution < 1.29 is 0 Å². The molecule has 0 aliphatic heterocycles. The molecule has 0 fully saturated rings. The highest BCUT2D eigenvalue weighted by atomic mass is 32.1. The first-order chi connectivity index (χ1) is 9.74. The Bertz CT molecular complexity index is 728. The van der Waals surface area contributed by atoms with Crippen molar-refractivity contribution in [3.05, 3.63) is 52.7 Å². The van der Waals surface area contributed by atoms with Crippen LogP contribution < -0.4 is 11.3 Å². The summed E-state index contributed by atoms with van der Waals surface area (Å²) in [5.41, 5.74) is 6.41. The molecule has 2 aromatic heterocycles. The molecule has 20 heavy (non-hydrogen) atoms. The number of nitrogens with zero attached hydrogens (tertiary/aromatic N) is 2. The summed E-state index contributed by atoms with van der Waals surface area (Å²) in [5, 5.41) is 7.89. The van der Waals surface area contributed by atoms with Crippen molar-refractivity contribution in [2.24, 2.45) is 12.9 Å². The molecule has 1 atom stereocenters. The summed E-state index contributed by atoms with van der Waals surface area (Å²) in [6, 6.07) is 8.46. The Kier molecular flexibility index (Phi) is 3.56. The van der Waals surface area contributed by atoms with E-state index in [1.807, 2.05) is 11.7 Å². The van der Waals surface area contributed by atoms with Gasteiger partial charge in [-0.2, -0.15) is 5.10 Å². The monoisotopic (exact) mass is 286 g/mol. The van der Waals surface area contributed by atoms with Gasteiger partial charge in [0.05, 0.1) is 11.7 Å². The number of hydrogen-bond donors (Lipinski definition) is 2. The van der Waals surface area contributed by atoms with Crippen molar-refractivity contribution >= 4 is 21.4 Å². The molecule has 3 aromatic rings. The highest BCUT2D eigenvalue weighted by molar-refractivity contribution is 7.17. The van der Waals surface area contributed by atoms with E-state index in [0.717, 1.165) is 17.7 Å². The fourth-order valence-corrected chi connectivity index (χ4v) is 3.60. The van der Waals surface area contributed by atoms with Gasteiger partial charge < -0.3 is 0 Å². The maximum absolute atomic E-state index is 5.85. The molecule has 0 aliphatic rings. The predicted octanol–water partition coefficient (Wildman–Crippen LogP) is 2.75. The van der Waals surface area contributed by atoms with Crippen LogP contribution in [0.25, 0.3) is 10.1 Å². The molecule has 0 spiro atoms. The van der Waals surface area contributed by atoms with Crippen LogP contribution >= 0.6 is 11.3 Å². The van der Waals surface area contributed by atoms with Gasteiger partial charge in [0.2, 0.25) is 0 Å². The van der Waals surface area contributed by atoms with E-state index < -0.39 is 0 Å². The van der Waals surface area contributed by atoms with E-state index in [1.165, 1.54) is 15.6 Å². The van der Waals surface area contributed by atoms with Crippen LogP contribution in [0.4, 0.5) is 0 Å². The van der Waals surface area contributed by atoms with Crippen LogP contribution in [-0.4, -0.2) is 9.78 Å². The van der Waals surface area contributed by atoms with Crippen LogP contribution in [0.1, 0.15) is 29.8 Å². The first-order valence-electron chi connectivity index (χ1n) is 6.69. The van der Waals surface area contributed by atoms with Gasteiger partial charge in [-0.3, -0.25) is 10.5 Å². The molecule has 4 nitrogen and oxygen atoms in total. The highest BCUT2D eigenvalue weighted by Crippen LogP contribution is 2.33. The van der Waals surface area contributed by atoms with Crippen LogP contribution in [-0.2, 0) is 13.5 Å². The summed E-state index contributed by atoms with van der Waals surface area (Å²) >= 11 is 1.75. The zero-order valence-corrected chi connectivity index (χ0v) is 12.4. The SMILES string of the molecule is CCc1nn(C)cc1C(NN)c1cccc2ccsc12. The largest absolute Gasteiger partial charge is 0.275 e. The average molecular weight is 286 g/mol. The Balaban J connectivity index is 2.16. The Morgan fingerprint density at radius 1 is 1.35 bits per heavy atom. The molecule has 0 radical (unpaired) electrons. The molecule has 104 valence electrons. The third kappa shape index (κ3) is 2.14. The Morgan fingerprint density at radius 2 is 2.20 bits per heavy atom. The molecular weight excluding hydrogens is 268 g/mol. The number of nitrogens with one attached hydrogen (secondary N) is 1.